The van der Waals surface area contributed by atoms with Crippen LogP contribution in [0, 0.1) is 0 Å². The van der Waals surface area contributed by atoms with E-state index in [0.29, 0.717) is 23.0 Å². The summed E-state index contributed by atoms with van der Waals surface area (Å²) >= 11 is 6.10. The number of rotatable bonds is 8. The van der Waals surface area contributed by atoms with Crippen molar-refractivity contribution in [2.45, 2.75) is 17.5 Å². The number of sulfonamides is 1. The van der Waals surface area contributed by atoms with Crippen molar-refractivity contribution in [3.63, 3.8) is 0 Å². The largest absolute Gasteiger partial charge is 0.419 e. The standard InChI is InChI=1S/C22H23ClF3N5O3S/c1-29(2)14-30(3)35(33,34)20-11-17(28-21(32)10-15-6-4-5-7-18(15)23)8-9-19(20)31-13-16(12-27-31)22(24,25)26/h4-9,11-13H,10,14H2,1-3H3,(H,28,32). The highest BCUT2D eigenvalue weighted by atomic mass is 35.5. The summed E-state index contributed by atoms with van der Waals surface area (Å²) in [4.78, 5) is 13.9. The number of nitrogens with zero attached hydrogens (tertiary/aromatic N) is 4. The minimum Gasteiger partial charge on any atom is -0.326 e. The van der Waals surface area contributed by atoms with E-state index in [0.717, 1.165) is 8.99 Å². The van der Waals surface area contributed by atoms with Gasteiger partial charge in [0.1, 0.15) is 4.90 Å². The number of nitrogens with one attached hydrogen (secondary N) is 1. The number of hydrogen-bond donors (Lipinski definition) is 1. The zero-order valence-corrected chi connectivity index (χ0v) is 20.6. The fraction of sp³-hybridized carbons (Fsp3) is 0.273. The normalized spacial score (nSPS) is 12.4. The first-order valence-electron chi connectivity index (χ1n) is 10.2. The number of amides is 1. The van der Waals surface area contributed by atoms with Gasteiger partial charge in [-0.05, 0) is 43.9 Å². The lowest BCUT2D eigenvalue weighted by molar-refractivity contribution is -0.137. The molecule has 1 N–H and O–H groups in total. The molecule has 0 atom stereocenters. The monoisotopic (exact) mass is 529 g/mol. The minimum atomic E-state index is -4.65. The summed E-state index contributed by atoms with van der Waals surface area (Å²) in [6.07, 6.45) is -3.39. The third kappa shape index (κ3) is 6.40. The molecule has 2 aromatic carbocycles. The number of carbonyl (C=O) groups is 1. The molecule has 0 saturated carbocycles. The highest BCUT2D eigenvalue weighted by molar-refractivity contribution is 7.89. The number of aromatic nitrogens is 2. The van der Waals surface area contributed by atoms with E-state index >= 15 is 0 Å². The van der Waals surface area contributed by atoms with Crippen molar-refractivity contribution >= 4 is 33.2 Å². The van der Waals surface area contributed by atoms with Crippen LogP contribution in [-0.2, 0) is 27.4 Å². The number of benzene rings is 2. The molecule has 0 aliphatic heterocycles. The van der Waals surface area contributed by atoms with Crippen LogP contribution in [-0.4, -0.2) is 61.1 Å². The minimum absolute atomic E-state index is 0.0117. The van der Waals surface area contributed by atoms with E-state index in [9.17, 15) is 26.4 Å². The molecule has 3 aromatic rings. The van der Waals surface area contributed by atoms with Crippen molar-refractivity contribution in [3.8, 4) is 5.69 Å². The van der Waals surface area contributed by atoms with Gasteiger partial charge in [-0.3, -0.25) is 9.69 Å². The number of alkyl halides is 3. The second-order valence-corrected chi connectivity index (χ2v) is 10.4. The molecule has 0 bridgehead atoms. The van der Waals surface area contributed by atoms with Crippen molar-refractivity contribution in [1.82, 2.24) is 19.0 Å². The lowest BCUT2D eigenvalue weighted by Gasteiger charge is -2.23. The van der Waals surface area contributed by atoms with E-state index < -0.39 is 27.7 Å². The van der Waals surface area contributed by atoms with Gasteiger partial charge in [0.05, 0.1) is 30.5 Å². The predicted octanol–water partition coefficient (Wildman–Crippen LogP) is 3.87. The Labute approximate surface area is 205 Å². The van der Waals surface area contributed by atoms with E-state index in [1.165, 1.54) is 25.2 Å². The molecule has 0 aliphatic rings. The summed E-state index contributed by atoms with van der Waals surface area (Å²) in [6, 6.07) is 10.7. The fourth-order valence-electron chi connectivity index (χ4n) is 3.25. The molecule has 0 fully saturated rings. The van der Waals surface area contributed by atoms with Crippen LogP contribution < -0.4 is 5.32 Å². The quantitative estimate of drug-likeness (QED) is 0.448. The molecule has 0 saturated heterocycles. The summed E-state index contributed by atoms with van der Waals surface area (Å²) in [5.41, 5.74) is -0.404. The fourth-order valence-corrected chi connectivity index (χ4v) is 4.87. The third-order valence-corrected chi connectivity index (χ3v) is 7.07. The lowest BCUT2D eigenvalue weighted by Crippen LogP contribution is -2.35. The van der Waals surface area contributed by atoms with Crippen LogP contribution in [0.3, 0.4) is 0 Å². The second-order valence-electron chi connectivity index (χ2n) is 7.99. The van der Waals surface area contributed by atoms with E-state index in [2.05, 4.69) is 10.4 Å². The smallest absolute Gasteiger partial charge is 0.326 e. The van der Waals surface area contributed by atoms with Crippen LogP contribution >= 0.6 is 11.6 Å². The van der Waals surface area contributed by atoms with Crippen LogP contribution in [0.1, 0.15) is 11.1 Å². The number of carbonyl (C=O) groups excluding carboxylic acids is 1. The first-order chi connectivity index (χ1) is 16.3. The Morgan fingerprint density at radius 3 is 2.43 bits per heavy atom. The zero-order valence-electron chi connectivity index (χ0n) is 19.0. The third-order valence-electron chi connectivity index (χ3n) is 4.88. The zero-order chi connectivity index (χ0) is 26.0. The Morgan fingerprint density at radius 2 is 1.83 bits per heavy atom. The van der Waals surface area contributed by atoms with Gasteiger partial charge in [-0.1, -0.05) is 29.8 Å². The first-order valence-corrected chi connectivity index (χ1v) is 12.0. The van der Waals surface area contributed by atoms with Gasteiger partial charge in [0.15, 0.2) is 0 Å². The number of halogens is 4. The molecule has 35 heavy (non-hydrogen) atoms. The average Bonchev–Trinajstić information content (AvgIpc) is 3.25. The van der Waals surface area contributed by atoms with E-state index in [-0.39, 0.29) is 29.4 Å². The number of hydrogen-bond acceptors (Lipinski definition) is 5. The summed E-state index contributed by atoms with van der Waals surface area (Å²) in [6.45, 7) is 0.0117. The Balaban J connectivity index is 2.01. The van der Waals surface area contributed by atoms with Crippen molar-refractivity contribution < 1.29 is 26.4 Å². The summed E-state index contributed by atoms with van der Waals surface area (Å²) in [5, 5.41) is 6.73. The molecular weight excluding hydrogens is 507 g/mol. The molecule has 3 rings (SSSR count). The molecule has 0 aliphatic carbocycles. The van der Waals surface area contributed by atoms with Crippen molar-refractivity contribution in [1.29, 1.82) is 0 Å². The molecule has 0 radical (unpaired) electrons. The van der Waals surface area contributed by atoms with Crippen molar-refractivity contribution in [2.75, 3.05) is 33.1 Å². The highest BCUT2D eigenvalue weighted by Crippen LogP contribution is 2.31. The van der Waals surface area contributed by atoms with E-state index in [1.807, 2.05) is 0 Å². The van der Waals surface area contributed by atoms with Gasteiger partial charge in [-0.15, -0.1) is 0 Å². The van der Waals surface area contributed by atoms with Gasteiger partial charge < -0.3 is 5.32 Å². The van der Waals surface area contributed by atoms with Crippen LogP contribution in [0.25, 0.3) is 5.69 Å². The Morgan fingerprint density at radius 1 is 1.14 bits per heavy atom. The Hall–Kier alpha value is -2.93. The topological polar surface area (TPSA) is 87.5 Å². The molecule has 13 heteroatoms. The number of anilines is 1. The average molecular weight is 530 g/mol. The first kappa shape index (κ1) is 26.7. The maximum absolute atomic E-state index is 13.3. The summed E-state index contributed by atoms with van der Waals surface area (Å²) in [7, 11) is 0.490. The summed E-state index contributed by atoms with van der Waals surface area (Å²) in [5.74, 6) is -0.450. The second kappa shape index (κ2) is 10.4. The van der Waals surface area contributed by atoms with Gasteiger partial charge in [0.25, 0.3) is 0 Å². The van der Waals surface area contributed by atoms with Crippen LogP contribution in [0.2, 0.25) is 5.02 Å². The molecule has 0 unspecified atom stereocenters. The molecule has 188 valence electrons. The summed E-state index contributed by atoms with van der Waals surface area (Å²) < 4.78 is 67.9. The maximum atomic E-state index is 13.3. The molecular formula is C22H23ClF3N5O3S. The molecule has 8 nitrogen and oxygen atoms in total. The maximum Gasteiger partial charge on any atom is 0.419 e. The van der Waals surface area contributed by atoms with Crippen LogP contribution in [0.5, 0.6) is 0 Å². The van der Waals surface area contributed by atoms with Crippen LogP contribution in [0.4, 0.5) is 18.9 Å². The molecule has 1 amide bonds. The van der Waals surface area contributed by atoms with Gasteiger partial charge >= 0.3 is 6.18 Å². The molecule has 0 spiro atoms. The molecule has 1 aromatic heterocycles. The van der Waals surface area contributed by atoms with Crippen LogP contribution in [0.15, 0.2) is 59.8 Å². The Kier molecular flexibility index (Phi) is 7.90. The van der Waals surface area contributed by atoms with Gasteiger partial charge in [-0.2, -0.15) is 22.6 Å². The lowest BCUT2D eigenvalue weighted by atomic mass is 10.1. The molecule has 1 heterocycles. The van der Waals surface area contributed by atoms with Crippen molar-refractivity contribution in [2.24, 2.45) is 0 Å². The van der Waals surface area contributed by atoms with Gasteiger partial charge in [-0.25, -0.2) is 13.1 Å². The van der Waals surface area contributed by atoms with E-state index in [1.54, 1.807) is 43.3 Å². The van der Waals surface area contributed by atoms with Gasteiger partial charge in [0.2, 0.25) is 15.9 Å². The Bertz CT molecular complexity index is 1330. The van der Waals surface area contributed by atoms with Crippen molar-refractivity contribution in [3.05, 3.63) is 71.0 Å². The van der Waals surface area contributed by atoms with E-state index in [4.69, 9.17) is 11.6 Å². The SMILES string of the molecule is CN(C)CN(C)S(=O)(=O)c1cc(NC(=O)Cc2ccccc2Cl)ccc1-n1cc(C(F)(F)F)cn1. The highest BCUT2D eigenvalue weighted by Gasteiger charge is 2.33. The predicted molar refractivity (Wildman–Crippen MR) is 126 cm³/mol. The van der Waals surface area contributed by atoms with Gasteiger partial charge in [0, 0.05) is 24.0 Å².